The van der Waals surface area contributed by atoms with Crippen LogP contribution in [-0.2, 0) is 4.79 Å². The van der Waals surface area contributed by atoms with Crippen LogP contribution in [0, 0.1) is 0 Å². The minimum absolute atomic E-state index is 0.00920. The average Bonchev–Trinajstić information content (AvgIpc) is 2.49. The molecule has 2 rings (SSSR count). The highest BCUT2D eigenvalue weighted by Crippen LogP contribution is 2.35. The second kappa shape index (κ2) is 7.78. The predicted molar refractivity (Wildman–Crippen MR) is 82.4 cm³/mol. The predicted octanol–water partition coefficient (Wildman–Crippen LogP) is 2.94. The Morgan fingerprint density at radius 3 is 2.86 bits per heavy atom. The largest absolute Gasteiger partial charge is 0.496 e. The SMILES string of the molecule is COc1cc(C(C)NC2CCCNC2=O)ccc1SC(F)F. The molecule has 1 saturated heterocycles. The molecule has 1 aromatic carbocycles. The minimum atomic E-state index is -2.48. The molecule has 122 valence electrons. The van der Waals surface area contributed by atoms with E-state index in [2.05, 4.69) is 10.6 Å². The molecule has 0 radical (unpaired) electrons. The molecule has 2 N–H and O–H groups in total. The zero-order chi connectivity index (χ0) is 16.1. The van der Waals surface area contributed by atoms with E-state index in [4.69, 9.17) is 4.74 Å². The Labute approximate surface area is 133 Å². The number of hydrogen-bond donors (Lipinski definition) is 2. The van der Waals surface area contributed by atoms with E-state index in [1.54, 1.807) is 18.2 Å². The van der Waals surface area contributed by atoms with Gasteiger partial charge in [-0.05, 0) is 37.5 Å². The summed E-state index contributed by atoms with van der Waals surface area (Å²) in [5, 5.41) is 6.10. The van der Waals surface area contributed by atoms with Gasteiger partial charge in [0.15, 0.2) is 0 Å². The van der Waals surface area contributed by atoms with Crippen LogP contribution < -0.4 is 15.4 Å². The smallest absolute Gasteiger partial charge is 0.289 e. The summed E-state index contributed by atoms with van der Waals surface area (Å²) in [5.74, 6) is -2.05. The van der Waals surface area contributed by atoms with E-state index in [0.29, 0.717) is 22.4 Å². The van der Waals surface area contributed by atoms with E-state index < -0.39 is 5.76 Å². The number of methoxy groups -OCH3 is 1. The topological polar surface area (TPSA) is 50.4 Å². The maximum absolute atomic E-state index is 12.5. The Kier molecular flexibility index (Phi) is 6.02. The first-order valence-corrected chi connectivity index (χ1v) is 8.05. The van der Waals surface area contributed by atoms with E-state index in [0.717, 1.165) is 24.9 Å². The summed E-state index contributed by atoms with van der Waals surface area (Å²) in [6.45, 7) is 2.66. The average molecular weight is 330 g/mol. The van der Waals surface area contributed by atoms with Crippen molar-refractivity contribution in [3.05, 3.63) is 23.8 Å². The lowest BCUT2D eigenvalue weighted by molar-refractivity contribution is -0.124. The van der Waals surface area contributed by atoms with Gasteiger partial charge in [0.2, 0.25) is 5.91 Å². The lowest BCUT2D eigenvalue weighted by Gasteiger charge is -2.26. The fourth-order valence-corrected chi connectivity index (χ4v) is 3.07. The monoisotopic (exact) mass is 330 g/mol. The molecule has 0 aliphatic carbocycles. The van der Waals surface area contributed by atoms with Gasteiger partial charge in [-0.2, -0.15) is 8.78 Å². The Morgan fingerprint density at radius 1 is 1.45 bits per heavy atom. The molecule has 1 aromatic rings. The van der Waals surface area contributed by atoms with Crippen molar-refractivity contribution in [2.24, 2.45) is 0 Å². The van der Waals surface area contributed by atoms with Gasteiger partial charge < -0.3 is 10.1 Å². The van der Waals surface area contributed by atoms with Crippen molar-refractivity contribution in [1.82, 2.24) is 10.6 Å². The number of hydrogen-bond acceptors (Lipinski definition) is 4. The summed E-state index contributed by atoms with van der Waals surface area (Å²) < 4.78 is 30.2. The molecule has 0 saturated carbocycles. The molecule has 4 nitrogen and oxygen atoms in total. The number of piperidine rings is 1. The molecule has 1 heterocycles. The fraction of sp³-hybridized carbons (Fsp3) is 0.533. The molecule has 0 spiro atoms. The van der Waals surface area contributed by atoms with E-state index >= 15 is 0 Å². The van der Waals surface area contributed by atoms with Crippen molar-refractivity contribution >= 4 is 17.7 Å². The highest BCUT2D eigenvalue weighted by atomic mass is 32.2. The summed E-state index contributed by atoms with van der Waals surface area (Å²) in [6.07, 6.45) is 1.75. The molecular weight excluding hydrogens is 310 g/mol. The molecule has 1 fully saturated rings. The third-order valence-electron chi connectivity index (χ3n) is 3.64. The molecule has 2 unspecified atom stereocenters. The molecule has 22 heavy (non-hydrogen) atoms. The molecule has 2 atom stereocenters. The Balaban J connectivity index is 2.08. The van der Waals surface area contributed by atoms with Crippen LogP contribution in [0.3, 0.4) is 0 Å². The molecular formula is C15H20F2N2O2S. The highest BCUT2D eigenvalue weighted by molar-refractivity contribution is 7.99. The standard InChI is InChI=1S/C15H20F2N2O2S/c1-9(19-11-4-3-7-18-14(11)20)10-5-6-13(22-15(16)17)12(8-10)21-2/h5-6,8-9,11,15,19H,3-4,7H2,1-2H3,(H,18,20). The number of amides is 1. The molecule has 1 aliphatic rings. The summed E-state index contributed by atoms with van der Waals surface area (Å²) in [7, 11) is 1.46. The zero-order valence-electron chi connectivity index (χ0n) is 12.6. The summed E-state index contributed by atoms with van der Waals surface area (Å²) in [6, 6.07) is 4.86. The number of carbonyl (C=O) groups is 1. The number of nitrogens with one attached hydrogen (secondary N) is 2. The second-order valence-corrected chi connectivity index (χ2v) is 6.19. The quantitative estimate of drug-likeness (QED) is 0.788. The summed E-state index contributed by atoms with van der Waals surface area (Å²) in [4.78, 5) is 12.2. The first-order valence-electron chi connectivity index (χ1n) is 7.17. The molecule has 7 heteroatoms. The summed E-state index contributed by atoms with van der Waals surface area (Å²) in [5.41, 5.74) is 0.897. The van der Waals surface area contributed by atoms with Crippen LogP contribution >= 0.6 is 11.8 Å². The van der Waals surface area contributed by atoms with Gasteiger partial charge in [0.25, 0.3) is 5.76 Å². The van der Waals surface area contributed by atoms with Gasteiger partial charge in [-0.25, -0.2) is 0 Å². The lowest BCUT2D eigenvalue weighted by Crippen LogP contribution is -2.48. The van der Waals surface area contributed by atoms with Crippen molar-refractivity contribution in [1.29, 1.82) is 0 Å². The first-order chi connectivity index (χ1) is 10.5. The van der Waals surface area contributed by atoms with Gasteiger partial charge in [0, 0.05) is 12.6 Å². The number of ether oxygens (including phenoxy) is 1. The van der Waals surface area contributed by atoms with Gasteiger partial charge in [-0.15, -0.1) is 0 Å². The van der Waals surface area contributed by atoms with E-state index in [1.165, 1.54) is 7.11 Å². The number of benzene rings is 1. The molecule has 0 aromatic heterocycles. The van der Waals surface area contributed by atoms with E-state index in [-0.39, 0.29) is 18.0 Å². The number of halogens is 2. The van der Waals surface area contributed by atoms with Gasteiger partial charge in [-0.1, -0.05) is 17.8 Å². The highest BCUT2D eigenvalue weighted by Gasteiger charge is 2.24. The third-order valence-corrected chi connectivity index (χ3v) is 4.41. The normalized spacial score (nSPS) is 19.9. The lowest BCUT2D eigenvalue weighted by atomic mass is 10.0. The van der Waals surface area contributed by atoms with Gasteiger partial charge in [0.05, 0.1) is 18.0 Å². The minimum Gasteiger partial charge on any atom is -0.496 e. The Bertz CT molecular complexity index is 528. The fourth-order valence-electron chi connectivity index (χ4n) is 2.48. The van der Waals surface area contributed by atoms with Crippen LogP contribution in [-0.4, -0.2) is 31.4 Å². The van der Waals surface area contributed by atoms with Crippen LogP contribution in [0.4, 0.5) is 8.78 Å². The van der Waals surface area contributed by atoms with Crippen molar-refractivity contribution in [3.8, 4) is 5.75 Å². The van der Waals surface area contributed by atoms with Crippen LogP contribution in [0.15, 0.2) is 23.1 Å². The molecule has 1 amide bonds. The maximum atomic E-state index is 12.5. The number of rotatable bonds is 6. The first kappa shape index (κ1) is 17.0. The van der Waals surface area contributed by atoms with Crippen LogP contribution in [0.1, 0.15) is 31.4 Å². The molecule has 0 bridgehead atoms. The van der Waals surface area contributed by atoms with Crippen molar-refractivity contribution < 1.29 is 18.3 Å². The van der Waals surface area contributed by atoms with Crippen LogP contribution in [0.2, 0.25) is 0 Å². The van der Waals surface area contributed by atoms with E-state index in [1.807, 2.05) is 6.92 Å². The number of alkyl halides is 2. The zero-order valence-corrected chi connectivity index (χ0v) is 13.4. The van der Waals surface area contributed by atoms with Crippen molar-refractivity contribution in [3.63, 3.8) is 0 Å². The second-order valence-electron chi connectivity index (χ2n) is 5.16. The van der Waals surface area contributed by atoms with Gasteiger partial charge in [0.1, 0.15) is 5.75 Å². The summed E-state index contributed by atoms with van der Waals surface area (Å²) >= 11 is 0.463. The maximum Gasteiger partial charge on any atom is 0.289 e. The Morgan fingerprint density at radius 2 is 2.23 bits per heavy atom. The third kappa shape index (κ3) is 4.33. The van der Waals surface area contributed by atoms with Gasteiger partial charge in [-0.3, -0.25) is 10.1 Å². The van der Waals surface area contributed by atoms with E-state index in [9.17, 15) is 13.6 Å². The van der Waals surface area contributed by atoms with Gasteiger partial charge >= 0.3 is 0 Å². The van der Waals surface area contributed by atoms with Crippen LogP contribution in [0.25, 0.3) is 0 Å². The molecule has 1 aliphatic heterocycles. The van der Waals surface area contributed by atoms with Crippen molar-refractivity contribution in [2.45, 2.75) is 42.5 Å². The van der Waals surface area contributed by atoms with Crippen molar-refractivity contribution in [2.75, 3.05) is 13.7 Å². The van der Waals surface area contributed by atoms with Crippen LogP contribution in [0.5, 0.6) is 5.75 Å². The number of thioether (sulfide) groups is 1. The Hall–Kier alpha value is -1.34. The number of carbonyl (C=O) groups excluding carboxylic acids is 1.